The molecular formula is C69H134O17P2. The van der Waals surface area contributed by atoms with Gasteiger partial charge in [0.15, 0.2) is 12.2 Å². The van der Waals surface area contributed by atoms with Gasteiger partial charge in [-0.25, -0.2) is 9.13 Å². The summed E-state index contributed by atoms with van der Waals surface area (Å²) in [5, 5.41) is 10.6. The molecule has 0 aromatic rings. The number of unbranched alkanes of at least 4 members (excludes halogenated alkanes) is 40. The third-order valence-electron chi connectivity index (χ3n) is 16.4. The first-order valence-electron chi connectivity index (χ1n) is 36.2. The van der Waals surface area contributed by atoms with E-state index in [0.29, 0.717) is 25.7 Å². The van der Waals surface area contributed by atoms with Crippen LogP contribution in [0.4, 0.5) is 0 Å². The van der Waals surface area contributed by atoms with Crippen LogP contribution in [0.3, 0.4) is 0 Å². The fourth-order valence-corrected chi connectivity index (χ4v) is 12.0. The van der Waals surface area contributed by atoms with Gasteiger partial charge in [-0.1, -0.05) is 304 Å². The van der Waals surface area contributed by atoms with E-state index in [1.807, 2.05) is 0 Å². The number of hydrogen-bond acceptors (Lipinski definition) is 15. The summed E-state index contributed by atoms with van der Waals surface area (Å²) in [6.45, 7) is 7.15. The van der Waals surface area contributed by atoms with Crippen LogP contribution in [0.25, 0.3) is 0 Å². The smallest absolute Gasteiger partial charge is 0.462 e. The van der Waals surface area contributed by atoms with Gasteiger partial charge in [-0.15, -0.1) is 0 Å². The number of aliphatic hydroxyl groups excluding tert-OH is 1. The third-order valence-corrected chi connectivity index (χ3v) is 18.3. The molecule has 88 heavy (non-hydrogen) atoms. The molecule has 0 aliphatic carbocycles. The SMILES string of the molecule is CCCCCCCCCCCCCCCCCCC(=O)O[C@H](COC(=O)CCCCCCCCCCCCCCCCC)COP(=O)(O)OC[C@@H](O)COP(=O)(O)OC[C@@H](COC(=O)CCCCCCCCC)OC(=O)CCCCCCCCC(C)CC. The van der Waals surface area contributed by atoms with E-state index in [0.717, 1.165) is 109 Å². The fraction of sp³-hybridized carbons (Fsp3) is 0.942. The molecule has 522 valence electrons. The van der Waals surface area contributed by atoms with Gasteiger partial charge in [0.1, 0.15) is 19.3 Å². The molecule has 0 spiro atoms. The Bertz CT molecular complexity index is 1710. The number of ether oxygens (including phenoxy) is 4. The van der Waals surface area contributed by atoms with E-state index in [2.05, 4.69) is 34.6 Å². The number of carbonyl (C=O) groups excluding carboxylic acids is 4. The zero-order valence-electron chi connectivity index (χ0n) is 56.9. The zero-order valence-corrected chi connectivity index (χ0v) is 58.6. The van der Waals surface area contributed by atoms with Crippen molar-refractivity contribution in [3.05, 3.63) is 0 Å². The van der Waals surface area contributed by atoms with Crippen LogP contribution >= 0.6 is 15.6 Å². The van der Waals surface area contributed by atoms with Gasteiger partial charge < -0.3 is 33.8 Å². The number of phosphoric acid groups is 2. The average molecular weight is 1300 g/mol. The van der Waals surface area contributed by atoms with Crippen LogP contribution in [-0.4, -0.2) is 96.7 Å². The summed E-state index contributed by atoms with van der Waals surface area (Å²) < 4.78 is 68.1. The number of aliphatic hydroxyl groups is 1. The van der Waals surface area contributed by atoms with Crippen molar-refractivity contribution in [3.8, 4) is 0 Å². The lowest BCUT2D eigenvalue weighted by Crippen LogP contribution is -2.30. The summed E-state index contributed by atoms with van der Waals surface area (Å²) in [6, 6.07) is 0. The second-order valence-corrected chi connectivity index (χ2v) is 28.1. The van der Waals surface area contributed by atoms with Gasteiger partial charge in [-0.2, -0.15) is 0 Å². The van der Waals surface area contributed by atoms with Gasteiger partial charge in [-0.05, 0) is 31.6 Å². The van der Waals surface area contributed by atoms with Crippen molar-refractivity contribution in [1.82, 2.24) is 0 Å². The highest BCUT2D eigenvalue weighted by molar-refractivity contribution is 7.47. The minimum Gasteiger partial charge on any atom is -0.462 e. The molecule has 0 fully saturated rings. The predicted molar refractivity (Wildman–Crippen MR) is 354 cm³/mol. The summed E-state index contributed by atoms with van der Waals surface area (Å²) >= 11 is 0. The lowest BCUT2D eigenvalue weighted by molar-refractivity contribution is -0.161. The van der Waals surface area contributed by atoms with E-state index in [9.17, 15) is 43.2 Å². The van der Waals surface area contributed by atoms with E-state index in [1.165, 1.54) is 167 Å². The maximum atomic E-state index is 13.0. The second kappa shape index (κ2) is 62.5. The van der Waals surface area contributed by atoms with E-state index < -0.39 is 97.5 Å². The number of hydrogen-bond donors (Lipinski definition) is 3. The maximum Gasteiger partial charge on any atom is 0.472 e. The number of carbonyl (C=O) groups is 4. The molecule has 6 atom stereocenters. The van der Waals surface area contributed by atoms with E-state index in [-0.39, 0.29) is 25.7 Å². The van der Waals surface area contributed by atoms with Gasteiger partial charge in [-0.3, -0.25) is 37.3 Å². The molecule has 17 nitrogen and oxygen atoms in total. The third kappa shape index (κ3) is 61.6. The minimum atomic E-state index is -4.95. The van der Waals surface area contributed by atoms with Crippen LogP contribution in [-0.2, 0) is 65.4 Å². The molecule has 3 N–H and O–H groups in total. The summed E-state index contributed by atoms with van der Waals surface area (Å²) in [5.41, 5.74) is 0. The number of esters is 4. The molecule has 0 heterocycles. The molecule has 0 saturated heterocycles. The minimum absolute atomic E-state index is 0.103. The van der Waals surface area contributed by atoms with Crippen molar-refractivity contribution in [1.29, 1.82) is 0 Å². The van der Waals surface area contributed by atoms with Gasteiger partial charge in [0.05, 0.1) is 26.4 Å². The Hall–Kier alpha value is -1.94. The molecule has 0 bridgehead atoms. The van der Waals surface area contributed by atoms with Crippen molar-refractivity contribution >= 4 is 39.5 Å². The molecule has 0 amide bonds. The molecule has 0 aromatic heterocycles. The molecule has 0 aromatic carbocycles. The number of rotatable bonds is 69. The first-order chi connectivity index (χ1) is 42.6. The molecule has 0 aliphatic heterocycles. The second-order valence-electron chi connectivity index (χ2n) is 25.2. The largest absolute Gasteiger partial charge is 0.472 e. The summed E-state index contributed by atoms with van der Waals surface area (Å²) in [6.07, 6.45) is 48.7. The number of phosphoric ester groups is 2. The Labute approximate surface area is 537 Å². The van der Waals surface area contributed by atoms with Crippen molar-refractivity contribution < 1.29 is 80.2 Å². The van der Waals surface area contributed by atoms with Crippen LogP contribution in [0.5, 0.6) is 0 Å². The maximum absolute atomic E-state index is 13.0. The quantitative estimate of drug-likeness (QED) is 0.0222. The first-order valence-corrected chi connectivity index (χ1v) is 39.2. The molecule has 0 rings (SSSR count). The van der Waals surface area contributed by atoms with E-state index >= 15 is 0 Å². The highest BCUT2D eigenvalue weighted by Crippen LogP contribution is 2.45. The van der Waals surface area contributed by atoms with Crippen LogP contribution in [0.15, 0.2) is 0 Å². The fourth-order valence-electron chi connectivity index (χ4n) is 10.4. The average Bonchev–Trinajstić information content (AvgIpc) is 3.62. The Kier molecular flexibility index (Phi) is 61.1. The van der Waals surface area contributed by atoms with Crippen LogP contribution < -0.4 is 0 Å². The topological polar surface area (TPSA) is 237 Å². The molecule has 0 saturated carbocycles. The molecule has 0 aliphatic rings. The predicted octanol–water partition coefficient (Wildman–Crippen LogP) is 19.7. The van der Waals surface area contributed by atoms with Crippen LogP contribution in [0, 0.1) is 5.92 Å². The normalized spacial score (nSPS) is 14.4. The highest BCUT2D eigenvalue weighted by Gasteiger charge is 2.30. The first kappa shape index (κ1) is 86.1. The van der Waals surface area contributed by atoms with Crippen molar-refractivity contribution in [2.45, 2.75) is 374 Å². The summed E-state index contributed by atoms with van der Waals surface area (Å²) in [7, 11) is -9.89. The van der Waals surface area contributed by atoms with Crippen LogP contribution in [0.1, 0.15) is 356 Å². The van der Waals surface area contributed by atoms with Gasteiger partial charge in [0.25, 0.3) is 0 Å². The van der Waals surface area contributed by atoms with Crippen molar-refractivity contribution in [2.24, 2.45) is 5.92 Å². The molecule has 3 unspecified atom stereocenters. The van der Waals surface area contributed by atoms with Gasteiger partial charge in [0.2, 0.25) is 0 Å². The lowest BCUT2D eigenvalue weighted by atomic mass is 10.00. The monoisotopic (exact) mass is 1300 g/mol. The van der Waals surface area contributed by atoms with E-state index in [4.69, 9.17) is 37.0 Å². The van der Waals surface area contributed by atoms with E-state index in [1.54, 1.807) is 0 Å². The van der Waals surface area contributed by atoms with Crippen molar-refractivity contribution in [3.63, 3.8) is 0 Å². The van der Waals surface area contributed by atoms with Gasteiger partial charge >= 0.3 is 39.5 Å². The zero-order chi connectivity index (χ0) is 64.9. The summed E-state index contributed by atoms with van der Waals surface area (Å²) in [5.74, 6) is -1.41. The molecule has 0 radical (unpaired) electrons. The highest BCUT2D eigenvalue weighted by atomic mass is 31.2. The standard InChI is InChI=1S/C69H134O17P2/c1-6-10-13-16-19-21-23-25-27-29-31-33-35-38-44-49-54-68(73)85-64(59-80-67(72)53-48-43-37-34-32-30-28-26-24-22-20-17-14-11-7-2)60-83-87(75,76)81-56-63(70)57-82-88(77,78)84-61-65(58-79-66(71)52-47-42-36-18-15-12-8-3)86-69(74)55-50-45-40-39-41-46-51-62(5)9-4/h62-65,70H,6-61H2,1-5H3,(H,75,76)(H,77,78)/t62?,63-,64-,65-/m1/s1. The Balaban J connectivity index is 5.20. The summed E-state index contributed by atoms with van der Waals surface area (Å²) in [4.78, 5) is 72.3. The Morgan fingerprint density at radius 2 is 0.545 bits per heavy atom. The molecular weight excluding hydrogens is 1160 g/mol. The van der Waals surface area contributed by atoms with Gasteiger partial charge in [0, 0.05) is 25.7 Å². The lowest BCUT2D eigenvalue weighted by Gasteiger charge is -2.21. The van der Waals surface area contributed by atoms with Crippen molar-refractivity contribution in [2.75, 3.05) is 39.6 Å². The van der Waals surface area contributed by atoms with Crippen LogP contribution in [0.2, 0.25) is 0 Å². The Morgan fingerprint density at radius 1 is 0.318 bits per heavy atom. The molecule has 19 heteroatoms. The Morgan fingerprint density at radius 3 is 0.807 bits per heavy atom.